The van der Waals surface area contributed by atoms with Gasteiger partial charge < -0.3 is 21.1 Å². The van der Waals surface area contributed by atoms with Crippen LogP contribution in [-0.4, -0.2) is 26.8 Å². The van der Waals surface area contributed by atoms with Gasteiger partial charge in [0.25, 0.3) is 0 Å². The normalized spacial score (nSPS) is 20.3. The molecule has 0 aromatic heterocycles. The van der Waals surface area contributed by atoms with Crippen molar-refractivity contribution >= 4 is 17.1 Å². The van der Waals surface area contributed by atoms with Crippen LogP contribution in [-0.2, 0) is 4.74 Å². The zero-order chi connectivity index (χ0) is 11.5. The maximum Gasteiger partial charge on any atom is 0.0568 e. The van der Waals surface area contributed by atoms with Gasteiger partial charge in [-0.1, -0.05) is 0 Å². The summed E-state index contributed by atoms with van der Waals surface area (Å²) >= 11 is 0. The lowest BCUT2D eigenvalue weighted by Crippen LogP contribution is -2.21. The summed E-state index contributed by atoms with van der Waals surface area (Å²) in [4.78, 5) is 2.33. The van der Waals surface area contributed by atoms with Gasteiger partial charge in [0.2, 0.25) is 0 Å². The number of anilines is 3. The molecule has 0 amide bonds. The number of hydrogen-bond acceptors (Lipinski definition) is 4. The molecule has 1 aliphatic rings. The predicted molar refractivity (Wildman–Crippen MR) is 67.5 cm³/mol. The summed E-state index contributed by atoms with van der Waals surface area (Å²) in [7, 11) is 1.75. The number of methoxy groups -OCH3 is 1. The molecule has 0 spiro atoms. The van der Waals surface area contributed by atoms with Gasteiger partial charge in [0.05, 0.1) is 18.0 Å². The van der Waals surface area contributed by atoms with Crippen LogP contribution in [0.4, 0.5) is 17.1 Å². The first-order valence-corrected chi connectivity index (χ1v) is 5.59. The van der Waals surface area contributed by atoms with Gasteiger partial charge in [0, 0.05) is 31.8 Å². The minimum atomic E-state index is 0.628. The standard InChI is InChI=1S/C12H19N3O/c1-16-8-9-4-5-15(7-9)10-2-3-11(13)12(14)6-10/h2-3,6,9H,4-5,7-8,13-14H2,1H3. The van der Waals surface area contributed by atoms with E-state index in [1.165, 1.54) is 6.42 Å². The third-order valence-corrected chi connectivity index (χ3v) is 3.12. The van der Waals surface area contributed by atoms with Gasteiger partial charge in [-0.15, -0.1) is 0 Å². The molecule has 1 aliphatic heterocycles. The summed E-state index contributed by atoms with van der Waals surface area (Å²) in [5.41, 5.74) is 14.0. The van der Waals surface area contributed by atoms with E-state index in [1.54, 1.807) is 7.11 Å². The summed E-state index contributed by atoms with van der Waals surface area (Å²) in [6.45, 7) is 2.94. The quantitative estimate of drug-likeness (QED) is 0.756. The molecule has 16 heavy (non-hydrogen) atoms. The first-order valence-electron chi connectivity index (χ1n) is 5.59. The van der Waals surface area contributed by atoms with E-state index in [2.05, 4.69) is 4.90 Å². The van der Waals surface area contributed by atoms with E-state index in [9.17, 15) is 0 Å². The van der Waals surface area contributed by atoms with Crippen LogP contribution in [0.15, 0.2) is 18.2 Å². The molecule has 1 fully saturated rings. The van der Waals surface area contributed by atoms with Crippen molar-refractivity contribution in [2.45, 2.75) is 6.42 Å². The Labute approximate surface area is 96.2 Å². The van der Waals surface area contributed by atoms with E-state index in [0.717, 1.165) is 25.4 Å². The second-order valence-corrected chi connectivity index (χ2v) is 4.37. The highest BCUT2D eigenvalue weighted by atomic mass is 16.5. The predicted octanol–water partition coefficient (Wildman–Crippen LogP) is 1.32. The van der Waals surface area contributed by atoms with Crippen molar-refractivity contribution in [1.29, 1.82) is 0 Å². The van der Waals surface area contributed by atoms with Crippen LogP contribution in [0.2, 0.25) is 0 Å². The maximum absolute atomic E-state index is 5.81. The fraction of sp³-hybridized carbons (Fsp3) is 0.500. The average molecular weight is 221 g/mol. The number of benzene rings is 1. The Morgan fingerprint density at radius 3 is 2.88 bits per heavy atom. The van der Waals surface area contributed by atoms with Crippen molar-refractivity contribution in [3.8, 4) is 0 Å². The lowest BCUT2D eigenvalue weighted by Gasteiger charge is -2.19. The molecule has 0 saturated carbocycles. The number of hydrogen-bond donors (Lipinski definition) is 2. The van der Waals surface area contributed by atoms with E-state index < -0.39 is 0 Å². The van der Waals surface area contributed by atoms with Gasteiger partial charge in [-0.25, -0.2) is 0 Å². The third kappa shape index (κ3) is 2.22. The fourth-order valence-electron chi connectivity index (χ4n) is 2.20. The second kappa shape index (κ2) is 4.61. The molecule has 1 heterocycles. The Bertz CT molecular complexity index is 367. The number of nitrogens with two attached hydrogens (primary N) is 2. The number of ether oxygens (including phenoxy) is 1. The minimum absolute atomic E-state index is 0.628. The van der Waals surface area contributed by atoms with Crippen molar-refractivity contribution in [1.82, 2.24) is 0 Å². The van der Waals surface area contributed by atoms with Gasteiger partial charge >= 0.3 is 0 Å². The average Bonchev–Trinajstić information content (AvgIpc) is 2.71. The second-order valence-electron chi connectivity index (χ2n) is 4.37. The molecular weight excluding hydrogens is 202 g/mol. The molecule has 1 aromatic rings. The monoisotopic (exact) mass is 221 g/mol. The Balaban J connectivity index is 2.05. The van der Waals surface area contributed by atoms with Crippen LogP contribution < -0.4 is 16.4 Å². The number of nitrogen functional groups attached to an aromatic ring is 2. The van der Waals surface area contributed by atoms with E-state index in [4.69, 9.17) is 16.2 Å². The van der Waals surface area contributed by atoms with Crippen LogP contribution in [0, 0.1) is 5.92 Å². The van der Waals surface area contributed by atoms with E-state index in [0.29, 0.717) is 17.3 Å². The summed E-state index contributed by atoms with van der Waals surface area (Å²) in [5, 5.41) is 0. The van der Waals surface area contributed by atoms with Crippen LogP contribution in [0.3, 0.4) is 0 Å². The number of rotatable bonds is 3. The highest BCUT2D eigenvalue weighted by molar-refractivity contribution is 5.70. The van der Waals surface area contributed by atoms with Gasteiger partial charge in [0.15, 0.2) is 0 Å². The lowest BCUT2D eigenvalue weighted by molar-refractivity contribution is 0.161. The van der Waals surface area contributed by atoms with Crippen LogP contribution in [0.5, 0.6) is 0 Å². The van der Waals surface area contributed by atoms with Crippen molar-refractivity contribution in [2.24, 2.45) is 5.92 Å². The molecule has 1 saturated heterocycles. The first-order chi connectivity index (χ1) is 7.70. The Kier molecular flexibility index (Phi) is 3.19. The smallest absolute Gasteiger partial charge is 0.0568 e. The van der Waals surface area contributed by atoms with Gasteiger partial charge in [-0.05, 0) is 24.6 Å². The van der Waals surface area contributed by atoms with E-state index in [-0.39, 0.29) is 0 Å². The molecule has 4 N–H and O–H groups in total. The minimum Gasteiger partial charge on any atom is -0.397 e. The molecule has 1 unspecified atom stereocenters. The highest BCUT2D eigenvalue weighted by Crippen LogP contribution is 2.27. The van der Waals surface area contributed by atoms with Crippen molar-refractivity contribution < 1.29 is 4.74 Å². The molecule has 4 nitrogen and oxygen atoms in total. The maximum atomic E-state index is 5.81. The molecule has 4 heteroatoms. The lowest BCUT2D eigenvalue weighted by atomic mass is 10.1. The largest absolute Gasteiger partial charge is 0.397 e. The zero-order valence-corrected chi connectivity index (χ0v) is 9.65. The van der Waals surface area contributed by atoms with Crippen LogP contribution >= 0.6 is 0 Å². The van der Waals surface area contributed by atoms with Crippen molar-refractivity contribution in [3.05, 3.63) is 18.2 Å². The van der Waals surface area contributed by atoms with Crippen LogP contribution in [0.1, 0.15) is 6.42 Å². The molecule has 1 atom stereocenters. The Morgan fingerprint density at radius 1 is 1.38 bits per heavy atom. The van der Waals surface area contributed by atoms with Gasteiger partial charge in [-0.3, -0.25) is 0 Å². The molecule has 2 rings (SSSR count). The molecule has 88 valence electrons. The fourth-order valence-corrected chi connectivity index (χ4v) is 2.20. The van der Waals surface area contributed by atoms with Crippen LogP contribution in [0.25, 0.3) is 0 Å². The molecule has 0 radical (unpaired) electrons. The Morgan fingerprint density at radius 2 is 2.19 bits per heavy atom. The van der Waals surface area contributed by atoms with Crippen molar-refractivity contribution in [3.63, 3.8) is 0 Å². The molecular formula is C12H19N3O. The summed E-state index contributed by atoms with van der Waals surface area (Å²) in [6.07, 6.45) is 1.18. The number of nitrogens with zero attached hydrogens (tertiary/aromatic N) is 1. The summed E-state index contributed by atoms with van der Waals surface area (Å²) in [6, 6.07) is 5.85. The Hall–Kier alpha value is -1.42. The SMILES string of the molecule is COCC1CCN(c2ccc(N)c(N)c2)C1. The highest BCUT2D eigenvalue weighted by Gasteiger charge is 2.22. The molecule has 0 aliphatic carbocycles. The molecule has 0 bridgehead atoms. The van der Waals surface area contributed by atoms with Gasteiger partial charge in [0.1, 0.15) is 0 Å². The van der Waals surface area contributed by atoms with E-state index in [1.807, 2.05) is 18.2 Å². The van der Waals surface area contributed by atoms with Crippen molar-refractivity contribution in [2.75, 3.05) is 43.2 Å². The topological polar surface area (TPSA) is 64.5 Å². The zero-order valence-electron chi connectivity index (χ0n) is 9.65. The third-order valence-electron chi connectivity index (χ3n) is 3.12. The first kappa shape index (κ1) is 11.1. The summed E-state index contributed by atoms with van der Waals surface area (Å²) in [5.74, 6) is 0.628. The van der Waals surface area contributed by atoms with Gasteiger partial charge in [-0.2, -0.15) is 0 Å². The summed E-state index contributed by atoms with van der Waals surface area (Å²) < 4.78 is 5.18. The van der Waals surface area contributed by atoms with E-state index >= 15 is 0 Å². The molecule has 1 aromatic carbocycles.